The number of methoxy groups -OCH3 is 1. The Morgan fingerprint density at radius 3 is 2.60 bits per heavy atom. The number of amides is 1. The highest BCUT2D eigenvalue weighted by atomic mass is 79.9. The second-order valence-electron chi connectivity index (χ2n) is 5.40. The smallest absolute Gasteiger partial charge is 0.227 e. The van der Waals surface area contributed by atoms with Crippen molar-refractivity contribution in [3.8, 4) is 5.75 Å². The Labute approximate surface area is 128 Å². The predicted molar refractivity (Wildman–Crippen MR) is 84.0 cm³/mol. The van der Waals surface area contributed by atoms with Gasteiger partial charge in [-0.2, -0.15) is 0 Å². The molecule has 0 atom stereocenters. The van der Waals surface area contributed by atoms with Crippen molar-refractivity contribution in [2.45, 2.75) is 38.6 Å². The first-order valence-electron chi connectivity index (χ1n) is 6.92. The van der Waals surface area contributed by atoms with E-state index in [1.807, 2.05) is 19.1 Å². The first kappa shape index (κ1) is 15.3. The summed E-state index contributed by atoms with van der Waals surface area (Å²) in [5, 5.41) is 3.02. The van der Waals surface area contributed by atoms with Crippen molar-refractivity contribution in [3.63, 3.8) is 0 Å². The highest BCUT2D eigenvalue weighted by Crippen LogP contribution is 2.33. The van der Waals surface area contributed by atoms with Gasteiger partial charge in [-0.1, -0.05) is 15.9 Å². The molecule has 1 amide bonds. The van der Waals surface area contributed by atoms with Crippen molar-refractivity contribution in [3.05, 3.63) is 22.2 Å². The number of benzene rings is 1. The molecular weight excluding hydrogens is 320 g/mol. The average Bonchev–Trinajstić information content (AvgIpc) is 2.42. The molecule has 0 spiro atoms. The molecule has 0 heterocycles. The minimum Gasteiger partial charge on any atom is -0.495 e. The zero-order chi connectivity index (χ0) is 14.7. The average molecular weight is 341 g/mol. The Morgan fingerprint density at radius 2 is 2.00 bits per heavy atom. The molecule has 0 bridgehead atoms. The maximum Gasteiger partial charge on any atom is 0.227 e. The summed E-state index contributed by atoms with van der Waals surface area (Å²) in [5.41, 5.74) is 7.62. The molecule has 3 N–H and O–H groups in total. The third-order valence-corrected chi connectivity index (χ3v) is 4.33. The number of nitrogens with one attached hydrogen (secondary N) is 1. The number of hydrogen-bond acceptors (Lipinski definition) is 3. The fourth-order valence-electron chi connectivity index (χ4n) is 2.64. The van der Waals surface area contributed by atoms with Crippen molar-refractivity contribution in [2.75, 3.05) is 12.4 Å². The monoisotopic (exact) mass is 340 g/mol. The quantitative estimate of drug-likeness (QED) is 0.887. The van der Waals surface area contributed by atoms with Crippen LogP contribution in [-0.2, 0) is 4.79 Å². The molecule has 5 heteroatoms. The lowest BCUT2D eigenvalue weighted by Crippen LogP contribution is -2.32. The van der Waals surface area contributed by atoms with Crippen molar-refractivity contribution >= 4 is 27.5 Å². The van der Waals surface area contributed by atoms with Gasteiger partial charge < -0.3 is 15.8 Å². The molecule has 0 aromatic heterocycles. The number of anilines is 1. The summed E-state index contributed by atoms with van der Waals surface area (Å²) in [6.45, 7) is 1.96. The molecule has 0 saturated heterocycles. The number of carbonyl (C=O) groups excluding carboxylic acids is 1. The molecule has 1 aromatic rings. The SMILES string of the molecule is COc1cc(Br)cc(C)c1NC(=O)C1CCC(N)CC1. The molecule has 0 aliphatic heterocycles. The standard InChI is InChI=1S/C15H21BrN2O2/c1-9-7-11(16)8-13(20-2)14(9)18-15(19)10-3-5-12(17)6-4-10/h7-8,10,12H,3-6,17H2,1-2H3,(H,18,19). The van der Waals surface area contributed by atoms with Crippen LogP contribution in [0.3, 0.4) is 0 Å². The van der Waals surface area contributed by atoms with Gasteiger partial charge in [0.2, 0.25) is 5.91 Å². The molecule has 20 heavy (non-hydrogen) atoms. The second kappa shape index (κ2) is 6.59. The summed E-state index contributed by atoms with van der Waals surface area (Å²) in [4.78, 5) is 12.4. The Kier molecular flexibility index (Phi) is 5.05. The van der Waals surface area contributed by atoms with Gasteiger partial charge in [0.15, 0.2) is 0 Å². The summed E-state index contributed by atoms with van der Waals surface area (Å²) in [6, 6.07) is 4.08. The van der Waals surface area contributed by atoms with Crippen molar-refractivity contribution in [2.24, 2.45) is 11.7 Å². The van der Waals surface area contributed by atoms with E-state index in [4.69, 9.17) is 10.5 Å². The molecule has 1 aliphatic rings. The van der Waals surface area contributed by atoms with Crippen molar-refractivity contribution < 1.29 is 9.53 Å². The molecule has 1 saturated carbocycles. The maximum absolute atomic E-state index is 12.4. The van der Waals surface area contributed by atoms with E-state index in [1.54, 1.807) is 7.11 Å². The van der Waals surface area contributed by atoms with Crippen LogP contribution in [0.1, 0.15) is 31.2 Å². The van der Waals surface area contributed by atoms with E-state index in [2.05, 4.69) is 21.2 Å². The van der Waals surface area contributed by atoms with Gasteiger partial charge in [-0.25, -0.2) is 0 Å². The van der Waals surface area contributed by atoms with Crippen LogP contribution in [-0.4, -0.2) is 19.1 Å². The summed E-state index contributed by atoms with van der Waals surface area (Å²) >= 11 is 3.43. The highest BCUT2D eigenvalue weighted by molar-refractivity contribution is 9.10. The van der Waals surface area contributed by atoms with Gasteiger partial charge in [0, 0.05) is 16.4 Å². The van der Waals surface area contributed by atoms with Gasteiger partial charge in [0.05, 0.1) is 12.8 Å². The normalized spacial score (nSPS) is 22.4. The maximum atomic E-state index is 12.4. The zero-order valence-electron chi connectivity index (χ0n) is 11.9. The Bertz CT molecular complexity index is 497. The van der Waals surface area contributed by atoms with Crippen LogP contribution in [0.2, 0.25) is 0 Å². The van der Waals surface area contributed by atoms with Crippen LogP contribution in [0.5, 0.6) is 5.75 Å². The number of nitrogens with two attached hydrogens (primary N) is 1. The Hall–Kier alpha value is -1.07. The van der Waals surface area contributed by atoms with Crippen LogP contribution in [0.25, 0.3) is 0 Å². The van der Waals surface area contributed by atoms with Gasteiger partial charge in [-0.05, 0) is 50.3 Å². The van der Waals surface area contributed by atoms with E-state index >= 15 is 0 Å². The molecule has 110 valence electrons. The first-order chi connectivity index (χ1) is 9.51. The van der Waals surface area contributed by atoms with Crippen LogP contribution in [0.15, 0.2) is 16.6 Å². The van der Waals surface area contributed by atoms with Gasteiger partial charge in [0.1, 0.15) is 5.75 Å². The number of carbonyl (C=O) groups is 1. The Morgan fingerprint density at radius 1 is 1.35 bits per heavy atom. The van der Waals surface area contributed by atoms with Gasteiger partial charge in [-0.3, -0.25) is 4.79 Å². The third kappa shape index (κ3) is 3.52. The van der Waals surface area contributed by atoms with Crippen LogP contribution in [0, 0.1) is 12.8 Å². The lowest BCUT2D eigenvalue weighted by atomic mass is 9.86. The number of aryl methyl sites for hydroxylation is 1. The van der Waals surface area contributed by atoms with Gasteiger partial charge in [-0.15, -0.1) is 0 Å². The summed E-state index contributed by atoms with van der Waals surface area (Å²) in [5.74, 6) is 0.806. The predicted octanol–water partition coefficient (Wildman–Crippen LogP) is 3.22. The van der Waals surface area contributed by atoms with Gasteiger partial charge in [0.25, 0.3) is 0 Å². The molecule has 1 aromatic carbocycles. The molecule has 1 aliphatic carbocycles. The summed E-state index contributed by atoms with van der Waals surface area (Å²) in [6.07, 6.45) is 3.58. The van der Waals surface area contributed by atoms with Gasteiger partial charge >= 0.3 is 0 Å². The minimum absolute atomic E-state index is 0.0579. The largest absolute Gasteiger partial charge is 0.495 e. The van der Waals surface area contributed by atoms with Crippen molar-refractivity contribution in [1.82, 2.24) is 0 Å². The van der Waals surface area contributed by atoms with Crippen LogP contribution < -0.4 is 15.8 Å². The third-order valence-electron chi connectivity index (χ3n) is 3.87. The second-order valence-corrected chi connectivity index (χ2v) is 6.32. The van der Waals surface area contributed by atoms with E-state index < -0.39 is 0 Å². The van der Waals surface area contributed by atoms with E-state index in [0.29, 0.717) is 5.75 Å². The number of halogens is 1. The summed E-state index contributed by atoms with van der Waals surface area (Å²) in [7, 11) is 1.61. The molecule has 2 rings (SSSR count). The number of hydrogen-bond donors (Lipinski definition) is 2. The molecular formula is C15H21BrN2O2. The lowest BCUT2D eigenvalue weighted by Gasteiger charge is -2.25. The lowest BCUT2D eigenvalue weighted by molar-refractivity contribution is -0.120. The van der Waals surface area contributed by atoms with Crippen LogP contribution >= 0.6 is 15.9 Å². The number of rotatable bonds is 3. The molecule has 0 unspecified atom stereocenters. The van der Waals surface area contributed by atoms with E-state index in [1.165, 1.54) is 0 Å². The molecule has 4 nitrogen and oxygen atoms in total. The zero-order valence-corrected chi connectivity index (χ0v) is 13.5. The summed E-state index contributed by atoms with van der Waals surface area (Å²) < 4.78 is 6.29. The fraction of sp³-hybridized carbons (Fsp3) is 0.533. The first-order valence-corrected chi connectivity index (χ1v) is 7.71. The van der Waals surface area contributed by atoms with E-state index in [-0.39, 0.29) is 17.9 Å². The molecule has 0 radical (unpaired) electrons. The van der Waals surface area contributed by atoms with Crippen molar-refractivity contribution in [1.29, 1.82) is 0 Å². The minimum atomic E-state index is 0.0579. The molecule has 1 fully saturated rings. The van der Waals surface area contributed by atoms with E-state index in [0.717, 1.165) is 41.4 Å². The van der Waals surface area contributed by atoms with E-state index in [9.17, 15) is 4.79 Å². The Balaban J connectivity index is 2.11. The van der Waals surface area contributed by atoms with Crippen LogP contribution in [0.4, 0.5) is 5.69 Å². The topological polar surface area (TPSA) is 64.3 Å². The number of ether oxygens (including phenoxy) is 1. The highest BCUT2D eigenvalue weighted by Gasteiger charge is 2.25. The fourth-order valence-corrected chi connectivity index (χ4v) is 3.19.